The van der Waals surface area contributed by atoms with Gasteiger partial charge in [-0.05, 0) is 44.1 Å². The Balaban J connectivity index is 2.94. The molecule has 1 fully saturated rings. The van der Waals surface area contributed by atoms with Crippen LogP contribution in [0.3, 0.4) is 0 Å². The first-order chi connectivity index (χ1) is 14.0. The Hall–Kier alpha value is -1.85. The highest BCUT2D eigenvalue weighted by Crippen LogP contribution is 2.20. The lowest BCUT2D eigenvalue weighted by atomic mass is 10.0. The fourth-order valence-corrected chi connectivity index (χ4v) is 3.68. The van der Waals surface area contributed by atoms with Crippen LogP contribution in [0.4, 0.5) is 0 Å². The van der Waals surface area contributed by atoms with Crippen molar-refractivity contribution in [3.05, 3.63) is 0 Å². The van der Waals surface area contributed by atoms with E-state index in [0.717, 1.165) is 0 Å². The van der Waals surface area contributed by atoms with Crippen LogP contribution in [0.2, 0.25) is 0 Å². The fraction of sp³-hybridized carbons (Fsp3) is 0.789. The van der Waals surface area contributed by atoms with Crippen molar-refractivity contribution in [1.29, 1.82) is 0 Å². The topological polar surface area (TPSA) is 162 Å². The summed E-state index contributed by atoms with van der Waals surface area (Å²) in [6, 6.07) is -3.90. The number of carbonyl (C=O) groups excluding carboxylic acids is 3. The van der Waals surface area contributed by atoms with E-state index in [1.807, 2.05) is 20.1 Å². The quantitative estimate of drug-likeness (QED) is 0.274. The minimum absolute atomic E-state index is 0.0972. The Labute approximate surface area is 181 Å². The number of amides is 3. The summed E-state index contributed by atoms with van der Waals surface area (Å²) < 4.78 is 0. The average molecular weight is 447 g/mol. The van der Waals surface area contributed by atoms with Crippen molar-refractivity contribution in [2.75, 3.05) is 18.6 Å². The molecule has 0 saturated carbocycles. The van der Waals surface area contributed by atoms with E-state index in [1.54, 1.807) is 0 Å². The zero-order valence-electron chi connectivity index (χ0n) is 18.0. The SMILES string of the molecule is CSCCC(NC(=O)C(N)C(C)C)C(=O)N1CCCC1C(=O)NC(C(=O)O)C(C)O. The van der Waals surface area contributed by atoms with Crippen LogP contribution >= 0.6 is 11.8 Å². The van der Waals surface area contributed by atoms with Crippen molar-refractivity contribution in [2.24, 2.45) is 11.7 Å². The summed E-state index contributed by atoms with van der Waals surface area (Å²) in [6.45, 7) is 5.21. The number of nitrogens with two attached hydrogens (primary N) is 1. The summed E-state index contributed by atoms with van der Waals surface area (Å²) in [5.41, 5.74) is 5.89. The minimum Gasteiger partial charge on any atom is -0.480 e. The van der Waals surface area contributed by atoms with Crippen molar-refractivity contribution >= 4 is 35.5 Å². The predicted molar refractivity (Wildman–Crippen MR) is 114 cm³/mol. The number of hydrogen-bond donors (Lipinski definition) is 5. The third kappa shape index (κ3) is 7.13. The molecule has 1 aliphatic rings. The third-order valence-corrected chi connectivity index (χ3v) is 5.77. The molecule has 0 aromatic carbocycles. The van der Waals surface area contributed by atoms with E-state index in [-0.39, 0.29) is 5.92 Å². The molecule has 6 N–H and O–H groups in total. The molecule has 1 rings (SSSR count). The second kappa shape index (κ2) is 12.1. The first-order valence-electron chi connectivity index (χ1n) is 10.1. The zero-order valence-corrected chi connectivity index (χ0v) is 18.8. The van der Waals surface area contributed by atoms with Gasteiger partial charge in [0.05, 0.1) is 12.1 Å². The molecular weight excluding hydrogens is 412 g/mol. The van der Waals surface area contributed by atoms with Gasteiger partial charge in [-0.1, -0.05) is 13.8 Å². The molecule has 1 aliphatic heterocycles. The van der Waals surface area contributed by atoms with Crippen molar-refractivity contribution in [2.45, 2.75) is 70.3 Å². The number of thioether (sulfide) groups is 1. The van der Waals surface area contributed by atoms with E-state index in [0.29, 0.717) is 31.6 Å². The molecule has 172 valence electrons. The van der Waals surface area contributed by atoms with E-state index in [2.05, 4.69) is 10.6 Å². The number of aliphatic carboxylic acids is 1. The second-order valence-corrected chi connectivity index (χ2v) is 8.85. The normalized spacial score (nSPS) is 20.4. The number of carboxylic acids is 1. The second-order valence-electron chi connectivity index (χ2n) is 7.87. The molecule has 0 aromatic rings. The number of rotatable bonds is 11. The van der Waals surface area contributed by atoms with Gasteiger partial charge in [0.2, 0.25) is 17.7 Å². The molecular formula is C19H34N4O6S. The monoisotopic (exact) mass is 446 g/mol. The molecule has 0 aromatic heterocycles. The van der Waals surface area contributed by atoms with E-state index >= 15 is 0 Å². The number of carboxylic acid groups (broad SMARTS) is 1. The highest BCUT2D eigenvalue weighted by molar-refractivity contribution is 7.98. The smallest absolute Gasteiger partial charge is 0.328 e. The maximum atomic E-state index is 13.2. The number of nitrogens with zero attached hydrogens (tertiary/aromatic N) is 1. The van der Waals surface area contributed by atoms with Crippen LogP contribution in [0, 0.1) is 5.92 Å². The van der Waals surface area contributed by atoms with Crippen molar-refractivity contribution in [1.82, 2.24) is 15.5 Å². The minimum atomic E-state index is -1.47. The van der Waals surface area contributed by atoms with Crippen LogP contribution in [0.5, 0.6) is 0 Å². The largest absolute Gasteiger partial charge is 0.480 e. The molecule has 1 saturated heterocycles. The van der Waals surface area contributed by atoms with Crippen LogP contribution in [-0.2, 0) is 19.2 Å². The van der Waals surface area contributed by atoms with Gasteiger partial charge in [0.15, 0.2) is 6.04 Å². The molecule has 5 atom stereocenters. The molecule has 0 bridgehead atoms. The maximum Gasteiger partial charge on any atom is 0.328 e. The molecule has 0 radical (unpaired) electrons. The third-order valence-electron chi connectivity index (χ3n) is 5.13. The highest BCUT2D eigenvalue weighted by atomic mass is 32.2. The first kappa shape index (κ1) is 26.2. The molecule has 0 aliphatic carbocycles. The van der Waals surface area contributed by atoms with Crippen LogP contribution in [0.1, 0.15) is 40.0 Å². The van der Waals surface area contributed by atoms with E-state index in [1.165, 1.54) is 23.6 Å². The van der Waals surface area contributed by atoms with Crippen molar-refractivity contribution in [3.63, 3.8) is 0 Å². The standard InChI is InChI=1S/C19H34N4O6S/c1-10(2)14(20)17(26)21-12(7-9-30-4)18(27)23-8-5-6-13(23)16(25)22-15(11(3)24)19(28)29/h10-15,24H,5-9,20H2,1-4H3,(H,21,26)(H,22,25)(H,28,29). The van der Waals surface area contributed by atoms with Gasteiger partial charge in [-0.2, -0.15) is 11.8 Å². The Kier molecular flexibility index (Phi) is 10.6. The van der Waals surface area contributed by atoms with Gasteiger partial charge < -0.3 is 31.5 Å². The van der Waals surface area contributed by atoms with Gasteiger partial charge in [-0.25, -0.2) is 4.79 Å². The number of carbonyl (C=O) groups is 4. The van der Waals surface area contributed by atoms with Crippen LogP contribution in [-0.4, -0.2) is 87.6 Å². The lowest BCUT2D eigenvalue weighted by molar-refractivity contribution is -0.147. The van der Waals surface area contributed by atoms with Crippen LogP contribution in [0.15, 0.2) is 0 Å². The molecule has 5 unspecified atom stereocenters. The number of aliphatic hydroxyl groups is 1. The van der Waals surface area contributed by atoms with Gasteiger partial charge in [-0.3, -0.25) is 14.4 Å². The molecule has 3 amide bonds. The van der Waals surface area contributed by atoms with Crippen molar-refractivity contribution in [3.8, 4) is 0 Å². The summed E-state index contributed by atoms with van der Waals surface area (Å²) in [5.74, 6) is -2.29. The summed E-state index contributed by atoms with van der Waals surface area (Å²) in [6.07, 6.45) is 1.93. The van der Waals surface area contributed by atoms with Gasteiger partial charge in [0, 0.05) is 6.54 Å². The van der Waals surface area contributed by atoms with Gasteiger partial charge in [0.1, 0.15) is 12.1 Å². The molecule has 0 spiro atoms. The molecule has 30 heavy (non-hydrogen) atoms. The molecule has 1 heterocycles. The highest BCUT2D eigenvalue weighted by Gasteiger charge is 2.39. The maximum absolute atomic E-state index is 13.2. The van der Waals surface area contributed by atoms with Crippen LogP contribution in [0.25, 0.3) is 0 Å². The summed E-state index contributed by atoms with van der Waals surface area (Å²) in [5, 5.41) is 23.8. The summed E-state index contributed by atoms with van der Waals surface area (Å²) >= 11 is 1.53. The van der Waals surface area contributed by atoms with Crippen molar-refractivity contribution < 1.29 is 29.4 Å². The lowest BCUT2D eigenvalue weighted by Crippen LogP contribution is -2.58. The van der Waals surface area contributed by atoms with Crippen LogP contribution < -0.4 is 16.4 Å². The number of hydrogen-bond acceptors (Lipinski definition) is 7. The zero-order chi connectivity index (χ0) is 23.0. The molecule has 10 nitrogen and oxygen atoms in total. The number of likely N-dealkylation sites (tertiary alicyclic amines) is 1. The Morgan fingerprint density at radius 1 is 1.20 bits per heavy atom. The number of aliphatic hydroxyl groups excluding tert-OH is 1. The Morgan fingerprint density at radius 2 is 1.83 bits per heavy atom. The molecule has 11 heteroatoms. The average Bonchev–Trinajstić information content (AvgIpc) is 3.16. The number of nitrogens with one attached hydrogen (secondary N) is 2. The fourth-order valence-electron chi connectivity index (χ4n) is 3.21. The van der Waals surface area contributed by atoms with Gasteiger partial charge in [-0.15, -0.1) is 0 Å². The van der Waals surface area contributed by atoms with E-state index in [4.69, 9.17) is 5.73 Å². The Bertz CT molecular complexity index is 630. The van der Waals surface area contributed by atoms with E-state index in [9.17, 15) is 29.4 Å². The summed E-state index contributed by atoms with van der Waals surface area (Å²) in [4.78, 5) is 50.8. The lowest BCUT2D eigenvalue weighted by Gasteiger charge is -2.30. The first-order valence-corrected chi connectivity index (χ1v) is 11.5. The summed E-state index contributed by atoms with van der Waals surface area (Å²) in [7, 11) is 0. The Morgan fingerprint density at radius 3 is 2.33 bits per heavy atom. The van der Waals surface area contributed by atoms with Gasteiger partial charge >= 0.3 is 5.97 Å². The van der Waals surface area contributed by atoms with E-state index < -0.39 is 54.0 Å². The predicted octanol–water partition coefficient (Wildman–Crippen LogP) is -0.851. The van der Waals surface area contributed by atoms with Gasteiger partial charge in [0.25, 0.3) is 0 Å².